The fourth-order valence-electron chi connectivity index (χ4n) is 3.50. The van der Waals surface area contributed by atoms with Crippen LogP contribution in [-0.4, -0.2) is 26.9 Å². The normalized spacial score (nSPS) is 30.2. The monoisotopic (exact) mass is 346 g/mol. The fourth-order valence-corrected chi connectivity index (χ4v) is 5.63. The van der Waals surface area contributed by atoms with E-state index in [1.807, 2.05) is 0 Å². The van der Waals surface area contributed by atoms with E-state index in [2.05, 4.69) is 4.74 Å². The number of carbonyl (C=O) groups excluding carboxylic acids is 1. The van der Waals surface area contributed by atoms with Crippen molar-refractivity contribution in [1.82, 2.24) is 0 Å². The smallest absolute Gasteiger partial charge is 0.405 e. The molecule has 126 valence electrons. The summed E-state index contributed by atoms with van der Waals surface area (Å²) in [6, 6.07) is 5.73. The minimum atomic E-state index is -4.78. The molecule has 0 spiro atoms. The molecule has 2 aliphatic heterocycles. The van der Waals surface area contributed by atoms with Crippen LogP contribution in [0.1, 0.15) is 31.2 Å². The molecule has 0 radical (unpaired) electrons. The van der Waals surface area contributed by atoms with Gasteiger partial charge in [-0.1, -0.05) is 18.2 Å². The molecule has 3 rings (SSSR count). The summed E-state index contributed by atoms with van der Waals surface area (Å²) in [5.41, 5.74) is 0.244. The number of fused-ring (bicyclic) bond motifs is 2. The molecular formula is C16H17F3O3S. The van der Waals surface area contributed by atoms with E-state index in [9.17, 15) is 22.2 Å². The minimum Gasteiger partial charge on any atom is -0.405 e. The second-order valence-electron chi connectivity index (χ2n) is 6.12. The Hall–Kier alpha value is -1.37. The Morgan fingerprint density at radius 3 is 2.39 bits per heavy atom. The number of hydrogen-bond donors (Lipinski definition) is 0. The van der Waals surface area contributed by atoms with Crippen LogP contribution >= 0.6 is 0 Å². The van der Waals surface area contributed by atoms with Crippen LogP contribution in [0.25, 0.3) is 0 Å². The highest BCUT2D eigenvalue weighted by Crippen LogP contribution is 2.39. The lowest BCUT2D eigenvalue weighted by molar-refractivity contribution is -0.274. The average Bonchev–Trinajstić information content (AvgIpc) is 2.70. The number of alkyl halides is 3. The van der Waals surface area contributed by atoms with Gasteiger partial charge in [0.15, 0.2) is 0 Å². The minimum absolute atomic E-state index is 0.0735. The van der Waals surface area contributed by atoms with Gasteiger partial charge in [0, 0.05) is 39.2 Å². The van der Waals surface area contributed by atoms with Crippen LogP contribution < -0.4 is 4.74 Å². The molecule has 2 heterocycles. The van der Waals surface area contributed by atoms with Crippen molar-refractivity contribution in [3.63, 3.8) is 0 Å². The number of carbonyl (C=O) groups is 1. The van der Waals surface area contributed by atoms with Gasteiger partial charge < -0.3 is 4.74 Å². The zero-order valence-electron chi connectivity index (χ0n) is 12.3. The van der Waals surface area contributed by atoms with E-state index in [4.69, 9.17) is 0 Å². The summed E-state index contributed by atoms with van der Waals surface area (Å²) in [7, 11) is -0.846. The summed E-state index contributed by atoms with van der Waals surface area (Å²) < 4.78 is 53.3. The molecule has 7 heteroatoms. The van der Waals surface area contributed by atoms with E-state index in [0.717, 1.165) is 12.8 Å². The van der Waals surface area contributed by atoms with E-state index in [-0.39, 0.29) is 39.9 Å². The molecule has 0 saturated carbocycles. The molecule has 2 atom stereocenters. The number of ketones is 1. The van der Waals surface area contributed by atoms with E-state index >= 15 is 0 Å². The Kier molecular flexibility index (Phi) is 4.49. The van der Waals surface area contributed by atoms with Crippen LogP contribution in [0.5, 0.6) is 5.75 Å². The third-order valence-electron chi connectivity index (χ3n) is 4.58. The highest BCUT2D eigenvalue weighted by atomic mass is 32.2. The molecule has 2 bridgehead atoms. The van der Waals surface area contributed by atoms with E-state index in [1.165, 1.54) is 18.2 Å². The van der Waals surface area contributed by atoms with Gasteiger partial charge in [0.25, 0.3) is 0 Å². The number of hydrogen-bond acceptors (Lipinski definition) is 3. The number of benzene rings is 1. The van der Waals surface area contributed by atoms with Crippen molar-refractivity contribution in [1.29, 1.82) is 0 Å². The zero-order chi connectivity index (χ0) is 16.6. The topological polar surface area (TPSA) is 43.4 Å². The van der Waals surface area contributed by atoms with Gasteiger partial charge in [0.2, 0.25) is 0 Å². The van der Waals surface area contributed by atoms with Gasteiger partial charge >= 0.3 is 6.36 Å². The van der Waals surface area contributed by atoms with Crippen LogP contribution in [-0.2, 0) is 22.0 Å². The van der Waals surface area contributed by atoms with Gasteiger partial charge in [-0.3, -0.25) is 9.00 Å². The van der Waals surface area contributed by atoms with Crippen molar-refractivity contribution in [3.8, 4) is 5.75 Å². The Labute approximate surface area is 134 Å². The average molecular weight is 346 g/mol. The Balaban J connectivity index is 1.70. The fraction of sp³-hybridized carbons (Fsp3) is 0.562. The third-order valence-corrected chi connectivity index (χ3v) is 6.75. The SMILES string of the molecule is O=C(Cc1ccccc1OC(F)(F)F)C1CC2CCC(C1)S2=O. The lowest BCUT2D eigenvalue weighted by atomic mass is 9.90. The number of halogens is 3. The Morgan fingerprint density at radius 2 is 1.78 bits per heavy atom. The number of ether oxygens (including phenoxy) is 1. The summed E-state index contributed by atoms with van der Waals surface area (Å²) in [6.45, 7) is 0. The van der Waals surface area contributed by atoms with Gasteiger partial charge in [0.1, 0.15) is 11.5 Å². The summed E-state index contributed by atoms with van der Waals surface area (Å²) in [5, 5.41) is 0.147. The van der Waals surface area contributed by atoms with Crippen molar-refractivity contribution in [2.75, 3.05) is 0 Å². The predicted molar refractivity (Wildman–Crippen MR) is 79.5 cm³/mol. The van der Waals surface area contributed by atoms with Crippen LogP contribution in [0.3, 0.4) is 0 Å². The first-order valence-electron chi connectivity index (χ1n) is 7.59. The van der Waals surface area contributed by atoms with Gasteiger partial charge in [0.05, 0.1) is 0 Å². The van der Waals surface area contributed by atoms with Crippen molar-refractivity contribution in [3.05, 3.63) is 29.8 Å². The first kappa shape index (κ1) is 16.5. The molecule has 1 aromatic rings. The quantitative estimate of drug-likeness (QED) is 0.839. The Morgan fingerprint density at radius 1 is 1.17 bits per heavy atom. The van der Waals surface area contributed by atoms with Gasteiger partial charge in [-0.2, -0.15) is 0 Å². The van der Waals surface area contributed by atoms with Gasteiger partial charge in [-0.25, -0.2) is 0 Å². The lowest BCUT2D eigenvalue weighted by Gasteiger charge is -2.26. The van der Waals surface area contributed by atoms with Gasteiger partial charge in [-0.15, -0.1) is 13.2 Å². The standard InChI is InChI=1S/C16H17F3O3S/c17-16(18,19)22-15-4-2-1-3-10(15)9-14(20)11-7-12-5-6-13(8-11)23(12)21/h1-4,11-13H,5-9H2. The van der Waals surface area contributed by atoms with Crippen molar-refractivity contribution >= 4 is 16.6 Å². The summed E-state index contributed by atoms with van der Waals surface area (Å²) >= 11 is 0. The first-order valence-corrected chi connectivity index (χ1v) is 8.87. The molecule has 2 fully saturated rings. The molecule has 0 amide bonds. The lowest BCUT2D eigenvalue weighted by Crippen LogP contribution is -2.33. The second kappa shape index (κ2) is 6.26. The maximum Gasteiger partial charge on any atom is 0.573 e. The number of para-hydroxylation sites is 1. The molecule has 0 aromatic heterocycles. The van der Waals surface area contributed by atoms with Gasteiger partial charge in [-0.05, 0) is 31.7 Å². The van der Waals surface area contributed by atoms with Crippen molar-refractivity contribution in [2.45, 2.75) is 49.0 Å². The molecule has 1 aromatic carbocycles. The van der Waals surface area contributed by atoms with Crippen LogP contribution in [0.4, 0.5) is 13.2 Å². The zero-order valence-corrected chi connectivity index (χ0v) is 13.2. The van der Waals surface area contributed by atoms with E-state index in [1.54, 1.807) is 6.07 Å². The molecule has 2 saturated heterocycles. The summed E-state index contributed by atoms with van der Waals surface area (Å²) in [6.07, 6.45) is -1.92. The molecular weight excluding hydrogens is 329 g/mol. The van der Waals surface area contributed by atoms with Crippen molar-refractivity contribution < 1.29 is 26.9 Å². The number of Topliss-reactive ketones (excluding diaryl/α,β-unsaturated/α-hetero) is 1. The molecule has 0 aliphatic carbocycles. The van der Waals surface area contributed by atoms with Crippen LogP contribution in [0.2, 0.25) is 0 Å². The highest BCUT2D eigenvalue weighted by molar-refractivity contribution is 7.86. The molecule has 2 unspecified atom stereocenters. The largest absolute Gasteiger partial charge is 0.573 e. The van der Waals surface area contributed by atoms with E-state index < -0.39 is 17.2 Å². The summed E-state index contributed by atoms with van der Waals surface area (Å²) in [5.74, 6) is -0.614. The molecule has 2 aliphatic rings. The maximum absolute atomic E-state index is 12.5. The second-order valence-corrected chi connectivity index (χ2v) is 8.11. The first-order chi connectivity index (χ1) is 10.8. The Bertz CT molecular complexity index is 613. The third kappa shape index (κ3) is 3.76. The summed E-state index contributed by atoms with van der Waals surface area (Å²) in [4.78, 5) is 12.5. The van der Waals surface area contributed by atoms with Crippen LogP contribution in [0.15, 0.2) is 24.3 Å². The molecule has 3 nitrogen and oxygen atoms in total. The molecule has 0 N–H and O–H groups in total. The van der Waals surface area contributed by atoms with Crippen LogP contribution in [0, 0.1) is 5.92 Å². The predicted octanol–water partition coefficient (Wildman–Crippen LogP) is 3.39. The van der Waals surface area contributed by atoms with Crippen molar-refractivity contribution in [2.24, 2.45) is 5.92 Å². The highest BCUT2D eigenvalue weighted by Gasteiger charge is 2.42. The number of rotatable bonds is 4. The van der Waals surface area contributed by atoms with E-state index in [0.29, 0.717) is 12.8 Å². The molecule has 23 heavy (non-hydrogen) atoms. The maximum atomic E-state index is 12.5.